The second-order valence-electron chi connectivity index (χ2n) is 7.62. The standard InChI is InChI=1S/C25H25ClN2O3S2/c1-3-12-27-33(30,31)24-8-5-20(6-9-24)10-13-28(25(29)15-21-11-14-32-18-21)17-22-16-23(26)7-4-19(22)2/h1,4-9,11,14,16,18,27H,10,12-13,15,17H2,2H3. The molecule has 0 aliphatic carbocycles. The Hall–Kier alpha value is -2.63. The molecule has 2 aromatic carbocycles. The molecule has 0 fully saturated rings. The van der Waals surface area contributed by atoms with Gasteiger partial charge in [0.25, 0.3) is 0 Å². The molecule has 0 aliphatic heterocycles. The van der Waals surface area contributed by atoms with Gasteiger partial charge < -0.3 is 4.90 Å². The Bertz CT molecular complexity index is 1230. The second kappa shape index (κ2) is 11.5. The smallest absolute Gasteiger partial charge is 0.241 e. The zero-order valence-corrected chi connectivity index (χ0v) is 20.6. The molecule has 33 heavy (non-hydrogen) atoms. The number of hydrogen-bond donors (Lipinski definition) is 1. The summed E-state index contributed by atoms with van der Waals surface area (Å²) < 4.78 is 26.7. The number of rotatable bonds is 10. The molecule has 3 aromatic rings. The Balaban J connectivity index is 1.73. The van der Waals surface area contributed by atoms with Crippen molar-refractivity contribution in [3.8, 4) is 12.3 Å². The van der Waals surface area contributed by atoms with Crippen molar-refractivity contribution in [3.05, 3.63) is 86.6 Å². The fourth-order valence-electron chi connectivity index (χ4n) is 3.31. The normalized spacial score (nSPS) is 11.2. The first-order chi connectivity index (χ1) is 15.8. The predicted molar refractivity (Wildman–Crippen MR) is 134 cm³/mol. The summed E-state index contributed by atoms with van der Waals surface area (Å²) in [6, 6.07) is 14.3. The Morgan fingerprint density at radius 3 is 2.58 bits per heavy atom. The van der Waals surface area contributed by atoms with Crippen LogP contribution in [0.5, 0.6) is 0 Å². The van der Waals surface area contributed by atoms with E-state index >= 15 is 0 Å². The van der Waals surface area contributed by atoms with E-state index < -0.39 is 10.0 Å². The molecule has 172 valence electrons. The molecule has 1 amide bonds. The number of hydrogen-bond acceptors (Lipinski definition) is 4. The topological polar surface area (TPSA) is 66.5 Å². The minimum atomic E-state index is -3.63. The number of amides is 1. The summed E-state index contributed by atoms with van der Waals surface area (Å²) in [5.41, 5.74) is 4.00. The van der Waals surface area contributed by atoms with Crippen LogP contribution in [0.3, 0.4) is 0 Å². The summed E-state index contributed by atoms with van der Waals surface area (Å²) in [6.07, 6.45) is 6.05. The third-order valence-corrected chi connectivity index (χ3v) is 7.61. The molecule has 0 radical (unpaired) electrons. The maximum Gasteiger partial charge on any atom is 0.241 e. The molecule has 5 nitrogen and oxygen atoms in total. The van der Waals surface area contributed by atoms with Crippen LogP contribution in [-0.2, 0) is 34.2 Å². The summed E-state index contributed by atoms with van der Waals surface area (Å²) in [6.45, 7) is 2.89. The van der Waals surface area contributed by atoms with E-state index in [0.717, 1.165) is 22.3 Å². The van der Waals surface area contributed by atoms with Crippen molar-refractivity contribution in [2.24, 2.45) is 0 Å². The molecule has 0 saturated carbocycles. The van der Waals surface area contributed by atoms with Gasteiger partial charge in [0.15, 0.2) is 0 Å². The van der Waals surface area contributed by atoms with Gasteiger partial charge in [0.05, 0.1) is 17.9 Å². The van der Waals surface area contributed by atoms with Crippen LogP contribution in [0.1, 0.15) is 22.3 Å². The van der Waals surface area contributed by atoms with Gasteiger partial charge in [-0.3, -0.25) is 4.79 Å². The minimum absolute atomic E-state index is 0.0328. The lowest BCUT2D eigenvalue weighted by atomic mass is 10.1. The van der Waals surface area contributed by atoms with Gasteiger partial charge in [0.1, 0.15) is 0 Å². The van der Waals surface area contributed by atoms with E-state index in [-0.39, 0.29) is 17.3 Å². The number of thiophene rings is 1. The number of nitrogens with one attached hydrogen (secondary N) is 1. The van der Waals surface area contributed by atoms with Gasteiger partial charge in [0.2, 0.25) is 15.9 Å². The van der Waals surface area contributed by atoms with E-state index in [9.17, 15) is 13.2 Å². The minimum Gasteiger partial charge on any atom is -0.338 e. The van der Waals surface area contributed by atoms with Crippen molar-refractivity contribution in [2.45, 2.75) is 31.2 Å². The molecule has 1 aromatic heterocycles. The highest BCUT2D eigenvalue weighted by molar-refractivity contribution is 7.89. The van der Waals surface area contributed by atoms with Crippen LogP contribution in [0.25, 0.3) is 0 Å². The molecule has 1 heterocycles. The van der Waals surface area contributed by atoms with E-state index in [4.69, 9.17) is 18.0 Å². The van der Waals surface area contributed by atoms with Crippen LogP contribution in [-0.4, -0.2) is 32.3 Å². The number of terminal acetylenes is 1. The summed E-state index contributed by atoms with van der Waals surface area (Å²) in [4.78, 5) is 15.1. The molecule has 0 bridgehead atoms. The van der Waals surface area contributed by atoms with Gasteiger partial charge in [0, 0.05) is 18.1 Å². The predicted octanol–water partition coefficient (Wildman–Crippen LogP) is 4.44. The van der Waals surface area contributed by atoms with E-state index in [1.165, 1.54) is 0 Å². The lowest BCUT2D eigenvalue weighted by molar-refractivity contribution is -0.131. The zero-order valence-electron chi connectivity index (χ0n) is 18.3. The number of sulfonamides is 1. The van der Waals surface area contributed by atoms with E-state index in [2.05, 4.69) is 10.6 Å². The Morgan fingerprint density at radius 2 is 1.91 bits per heavy atom. The highest BCUT2D eigenvalue weighted by atomic mass is 35.5. The van der Waals surface area contributed by atoms with Crippen LogP contribution in [0.15, 0.2) is 64.2 Å². The second-order valence-corrected chi connectivity index (χ2v) is 10.6. The van der Waals surface area contributed by atoms with Gasteiger partial charge in [-0.25, -0.2) is 8.42 Å². The summed E-state index contributed by atoms with van der Waals surface area (Å²) in [7, 11) is -3.63. The number of nitrogens with zero attached hydrogens (tertiary/aromatic N) is 1. The first kappa shape index (κ1) is 25.0. The lowest BCUT2D eigenvalue weighted by Crippen LogP contribution is -2.34. The monoisotopic (exact) mass is 500 g/mol. The van der Waals surface area contributed by atoms with Gasteiger partial charge in [-0.1, -0.05) is 35.7 Å². The van der Waals surface area contributed by atoms with Crippen LogP contribution in [0.4, 0.5) is 0 Å². The van der Waals surface area contributed by atoms with Crippen LogP contribution >= 0.6 is 22.9 Å². The van der Waals surface area contributed by atoms with Crippen LogP contribution in [0, 0.1) is 19.3 Å². The number of carbonyl (C=O) groups is 1. The van der Waals surface area contributed by atoms with Gasteiger partial charge >= 0.3 is 0 Å². The number of carbonyl (C=O) groups excluding carboxylic acids is 1. The molecule has 1 N–H and O–H groups in total. The van der Waals surface area contributed by atoms with Crippen molar-refractivity contribution in [2.75, 3.05) is 13.1 Å². The van der Waals surface area contributed by atoms with Crippen LogP contribution in [0.2, 0.25) is 5.02 Å². The Labute approximate surface area is 204 Å². The quantitative estimate of drug-likeness (QED) is 0.419. The molecule has 0 aliphatic rings. The molecule has 0 atom stereocenters. The van der Waals surface area contributed by atoms with E-state index in [1.54, 1.807) is 35.6 Å². The largest absolute Gasteiger partial charge is 0.338 e. The molecule has 0 saturated heterocycles. The molecule has 8 heteroatoms. The van der Waals surface area contributed by atoms with Crippen molar-refractivity contribution in [1.29, 1.82) is 0 Å². The van der Waals surface area contributed by atoms with Crippen molar-refractivity contribution < 1.29 is 13.2 Å². The third kappa shape index (κ3) is 7.18. The SMILES string of the molecule is C#CCNS(=O)(=O)c1ccc(CCN(Cc2cc(Cl)ccc2C)C(=O)Cc2ccsc2)cc1. The first-order valence-corrected chi connectivity index (χ1v) is 13.1. The van der Waals surface area contributed by atoms with Gasteiger partial charge in [-0.2, -0.15) is 16.1 Å². The highest BCUT2D eigenvalue weighted by Gasteiger charge is 2.17. The average Bonchev–Trinajstić information content (AvgIpc) is 3.30. The fraction of sp³-hybridized carbons (Fsp3) is 0.240. The maximum absolute atomic E-state index is 13.1. The summed E-state index contributed by atoms with van der Waals surface area (Å²) >= 11 is 7.75. The molecule has 0 unspecified atom stereocenters. The van der Waals surface area contributed by atoms with Crippen molar-refractivity contribution >= 4 is 38.9 Å². The van der Waals surface area contributed by atoms with Gasteiger partial charge in [-0.05, 0) is 76.7 Å². The Morgan fingerprint density at radius 1 is 1.15 bits per heavy atom. The van der Waals surface area contributed by atoms with Gasteiger partial charge in [-0.15, -0.1) is 6.42 Å². The molecular weight excluding hydrogens is 476 g/mol. The van der Waals surface area contributed by atoms with Crippen molar-refractivity contribution in [3.63, 3.8) is 0 Å². The average molecular weight is 501 g/mol. The molecule has 3 rings (SSSR count). The molecule has 0 spiro atoms. The zero-order chi connectivity index (χ0) is 23.8. The summed E-state index contributed by atoms with van der Waals surface area (Å²) in [5.74, 6) is 2.29. The van der Waals surface area contributed by atoms with Crippen LogP contribution < -0.4 is 4.72 Å². The highest BCUT2D eigenvalue weighted by Crippen LogP contribution is 2.19. The van der Waals surface area contributed by atoms with E-state index in [1.807, 2.05) is 46.8 Å². The number of halogens is 1. The lowest BCUT2D eigenvalue weighted by Gasteiger charge is -2.24. The number of aryl methyl sites for hydroxylation is 1. The summed E-state index contributed by atoms with van der Waals surface area (Å²) in [5, 5.41) is 4.58. The van der Waals surface area contributed by atoms with E-state index in [0.29, 0.717) is 31.0 Å². The third-order valence-electron chi connectivity index (χ3n) is 5.23. The fourth-order valence-corrected chi connectivity index (χ4v) is 5.10. The maximum atomic E-state index is 13.1. The molecular formula is C25H25ClN2O3S2. The number of benzene rings is 2. The van der Waals surface area contributed by atoms with Crippen molar-refractivity contribution in [1.82, 2.24) is 9.62 Å². The Kier molecular flexibility index (Phi) is 8.70. The first-order valence-electron chi connectivity index (χ1n) is 10.3.